The Kier molecular flexibility index (Phi) is 2.55. The number of carboxylic acids is 1. The predicted molar refractivity (Wildman–Crippen MR) is 57.7 cm³/mol. The van der Waals surface area contributed by atoms with Crippen molar-refractivity contribution in [2.24, 2.45) is 5.92 Å². The fraction of sp³-hybridized carbons (Fsp3) is 0.455. The second-order valence-corrected chi connectivity index (χ2v) is 4.39. The van der Waals surface area contributed by atoms with Crippen molar-refractivity contribution in [2.45, 2.75) is 24.9 Å². The number of rotatable bonds is 3. The molecule has 86 valence electrons. The van der Waals surface area contributed by atoms with Gasteiger partial charge >= 0.3 is 5.97 Å². The Morgan fingerprint density at radius 3 is 2.88 bits per heavy atom. The van der Waals surface area contributed by atoms with Crippen LogP contribution >= 0.6 is 0 Å². The van der Waals surface area contributed by atoms with Gasteiger partial charge in [0.05, 0.1) is 11.5 Å². The van der Waals surface area contributed by atoms with Gasteiger partial charge in [-0.15, -0.1) is 0 Å². The molecule has 4 N–H and O–H groups in total. The highest BCUT2D eigenvalue weighted by molar-refractivity contribution is 5.71. The van der Waals surface area contributed by atoms with Crippen molar-refractivity contribution in [2.75, 3.05) is 5.73 Å². The van der Waals surface area contributed by atoms with Crippen LogP contribution in [-0.4, -0.2) is 26.8 Å². The lowest BCUT2D eigenvalue weighted by molar-refractivity contribution is -0.158. The van der Waals surface area contributed by atoms with Crippen LogP contribution in [0.4, 0.5) is 5.82 Å². The average Bonchev–Trinajstić information content (AvgIpc) is 2.17. The first kappa shape index (κ1) is 10.9. The van der Waals surface area contributed by atoms with Crippen molar-refractivity contribution in [1.29, 1.82) is 0 Å². The summed E-state index contributed by atoms with van der Waals surface area (Å²) in [4.78, 5) is 14.6. The number of aliphatic hydroxyl groups is 1. The summed E-state index contributed by atoms with van der Waals surface area (Å²) in [5.41, 5.74) is 5.50. The number of carboxylic acid groups (broad SMARTS) is 1. The van der Waals surface area contributed by atoms with Gasteiger partial charge in [-0.2, -0.15) is 0 Å². The van der Waals surface area contributed by atoms with Gasteiger partial charge in [0.2, 0.25) is 0 Å². The molecule has 0 spiro atoms. The number of pyridine rings is 1. The van der Waals surface area contributed by atoms with Crippen molar-refractivity contribution in [3.8, 4) is 0 Å². The van der Waals surface area contributed by atoms with Gasteiger partial charge in [-0.1, -0.05) is 6.07 Å². The predicted octanol–water partition coefficient (Wildman–Crippen LogP) is 0.432. The summed E-state index contributed by atoms with van der Waals surface area (Å²) in [6.45, 7) is 0. The average molecular weight is 222 g/mol. The molecule has 2 rings (SSSR count). The molecule has 1 saturated carbocycles. The maximum absolute atomic E-state index is 10.6. The van der Waals surface area contributed by atoms with E-state index in [9.17, 15) is 9.90 Å². The first-order valence-electron chi connectivity index (χ1n) is 5.15. The lowest BCUT2D eigenvalue weighted by Crippen LogP contribution is -2.48. The summed E-state index contributed by atoms with van der Waals surface area (Å²) in [7, 11) is 0. The van der Waals surface area contributed by atoms with Crippen molar-refractivity contribution in [3.05, 3.63) is 23.9 Å². The summed E-state index contributed by atoms with van der Waals surface area (Å²) >= 11 is 0. The Bertz CT molecular complexity index is 413. The monoisotopic (exact) mass is 222 g/mol. The largest absolute Gasteiger partial charge is 0.481 e. The lowest BCUT2D eigenvalue weighted by atomic mass is 9.68. The number of aliphatic carboxylic acids is 1. The van der Waals surface area contributed by atoms with Crippen LogP contribution in [0.3, 0.4) is 0 Å². The highest BCUT2D eigenvalue weighted by Gasteiger charge is 2.46. The minimum Gasteiger partial charge on any atom is -0.481 e. The van der Waals surface area contributed by atoms with E-state index in [1.807, 2.05) is 0 Å². The van der Waals surface area contributed by atoms with E-state index < -0.39 is 17.5 Å². The van der Waals surface area contributed by atoms with Crippen molar-refractivity contribution in [1.82, 2.24) is 4.98 Å². The third-order valence-electron chi connectivity index (χ3n) is 3.05. The molecule has 0 saturated heterocycles. The first-order chi connectivity index (χ1) is 7.50. The standard InChI is InChI=1S/C11H14N2O3/c12-9-7(2-1-3-13-9)4-11(16)5-8(6-11)10(14)15/h1-3,8,16H,4-6H2,(H2,12,13)(H,14,15). The van der Waals surface area contributed by atoms with Crippen LogP contribution in [0.2, 0.25) is 0 Å². The zero-order chi connectivity index (χ0) is 11.8. The van der Waals surface area contributed by atoms with Crippen LogP contribution in [0.15, 0.2) is 18.3 Å². The van der Waals surface area contributed by atoms with E-state index >= 15 is 0 Å². The Balaban J connectivity index is 2.02. The number of anilines is 1. The first-order valence-corrected chi connectivity index (χ1v) is 5.15. The van der Waals surface area contributed by atoms with E-state index in [-0.39, 0.29) is 12.8 Å². The number of aromatic nitrogens is 1. The van der Waals surface area contributed by atoms with Crippen LogP contribution in [0.5, 0.6) is 0 Å². The van der Waals surface area contributed by atoms with Gasteiger partial charge in [0, 0.05) is 12.6 Å². The van der Waals surface area contributed by atoms with Gasteiger partial charge in [-0.05, 0) is 24.5 Å². The van der Waals surface area contributed by atoms with E-state index in [1.165, 1.54) is 0 Å². The summed E-state index contributed by atoms with van der Waals surface area (Å²) in [5.74, 6) is -0.874. The van der Waals surface area contributed by atoms with Crippen molar-refractivity contribution < 1.29 is 15.0 Å². The summed E-state index contributed by atoms with van der Waals surface area (Å²) in [6.07, 6.45) is 2.54. The molecule has 0 radical (unpaired) electrons. The molecule has 0 atom stereocenters. The topological polar surface area (TPSA) is 96.4 Å². The van der Waals surface area contributed by atoms with Crippen LogP contribution in [0, 0.1) is 5.92 Å². The molecule has 1 aliphatic rings. The third-order valence-corrected chi connectivity index (χ3v) is 3.05. The van der Waals surface area contributed by atoms with Gasteiger partial charge in [-0.3, -0.25) is 4.79 Å². The molecule has 0 aromatic carbocycles. The van der Waals surface area contributed by atoms with E-state index in [0.29, 0.717) is 12.2 Å². The summed E-state index contributed by atoms with van der Waals surface area (Å²) in [6, 6.07) is 3.55. The molecule has 1 aromatic rings. The molecular weight excluding hydrogens is 208 g/mol. The normalized spacial score (nSPS) is 28.4. The maximum atomic E-state index is 10.6. The Labute approximate surface area is 92.9 Å². The number of nitrogens with two attached hydrogens (primary N) is 1. The van der Waals surface area contributed by atoms with Crippen LogP contribution in [-0.2, 0) is 11.2 Å². The maximum Gasteiger partial charge on any atom is 0.306 e. The molecule has 1 heterocycles. The van der Waals surface area contributed by atoms with Crippen LogP contribution in [0.1, 0.15) is 18.4 Å². The minimum atomic E-state index is -0.930. The van der Waals surface area contributed by atoms with E-state index in [4.69, 9.17) is 10.8 Å². The van der Waals surface area contributed by atoms with E-state index in [0.717, 1.165) is 5.56 Å². The SMILES string of the molecule is Nc1ncccc1CC1(O)CC(C(=O)O)C1. The second kappa shape index (κ2) is 3.75. The zero-order valence-electron chi connectivity index (χ0n) is 8.76. The molecular formula is C11H14N2O3. The van der Waals surface area contributed by atoms with Gasteiger partial charge in [0.25, 0.3) is 0 Å². The highest BCUT2D eigenvalue weighted by atomic mass is 16.4. The number of nitrogen functional groups attached to an aromatic ring is 1. The lowest BCUT2D eigenvalue weighted by Gasteiger charge is -2.41. The van der Waals surface area contributed by atoms with Crippen LogP contribution < -0.4 is 5.73 Å². The Morgan fingerprint density at radius 1 is 1.62 bits per heavy atom. The number of hydrogen-bond acceptors (Lipinski definition) is 4. The van der Waals surface area contributed by atoms with E-state index in [1.54, 1.807) is 18.3 Å². The molecule has 5 nitrogen and oxygen atoms in total. The zero-order valence-corrected chi connectivity index (χ0v) is 8.76. The second-order valence-electron chi connectivity index (χ2n) is 4.39. The molecule has 1 aliphatic carbocycles. The van der Waals surface area contributed by atoms with E-state index in [2.05, 4.69) is 4.98 Å². The molecule has 0 aliphatic heterocycles. The van der Waals surface area contributed by atoms with Gasteiger partial charge in [0.1, 0.15) is 5.82 Å². The minimum absolute atomic E-state index is 0.288. The van der Waals surface area contributed by atoms with Gasteiger partial charge in [-0.25, -0.2) is 4.98 Å². The van der Waals surface area contributed by atoms with Gasteiger partial charge < -0.3 is 15.9 Å². The third kappa shape index (κ3) is 1.99. The molecule has 1 aromatic heterocycles. The smallest absolute Gasteiger partial charge is 0.306 e. The quantitative estimate of drug-likeness (QED) is 0.689. The molecule has 0 bridgehead atoms. The fourth-order valence-corrected chi connectivity index (χ4v) is 2.13. The number of carbonyl (C=O) groups is 1. The molecule has 1 fully saturated rings. The molecule has 16 heavy (non-hydrogen) atoms. The fourth-order valence-electron chi connectivity index (χ4n) is 2.13. The van der Waals surface area contributed by atoms with Crippen molar-refractivity contribution >= 4 is 11.8 Å². The van der Waals surface area contributed by atoms with Gasteiger partial charge in [0.15, 0.2) is 0 Å². The summed E-state index contributed by atoms with van der Waals surface area (Å²) < 4.78 is 0. The number of nitrogens with zero attached hydrogens (tertiary/aromatic N) is 1. The number of hydrogen-bond donors (Lipinski definition) is 3. The Morgan fingerprint density at radius 2 is 2.31 bits per heavy atom. The molecule has 0 amide bonds. The highest BCUT2D eigenvalue weighted by Crippen LogP contribution is 2.40. The molecule has 0 unspecified atom stereocenters. The van der Waals surface area contributed by atoms with Crippen molar-refractivity contribution in [3.63, 3.8) is 0 Å². The molecule has 5 heteroatoms. The summed E-state index contributed by atoms with van der Waals surface area (Å²) in [5, 5.41) is 18.8. The van der Waals surface area contributed by atoms with Crippen LogP contribution in [0.25, 0.3) is 0 Å². The Hall–Kier alpha value is -1.62.